The minimum Gasteiger partial charge on any atom is -0.449 e. The van der Waals surface area contributed by atoms with Crippen LogP contribution in [0.1, 0.15) is 20.3 Å². The second-order valence-corrected chi connectivity index (χ2v) is 3.07. The molecule has 1 aliphatic carbocycles. The van der Waals surface area contributed by atoms with Gasteiger partial charge in [-0.2, -0.15) is 0 Å². The second kappa shape index (κ2) is 2.96. The van der Waals surface area contributed by atoms with Crippen LogP contribution in [0.15, 0.2) is 0 Å². The van der Waals surface area contributed by atoms with Crippen molar-refractivity contribution >= 4 is 5.97 Å². The summed E-state index contributed by atoms with van der Waals surface area (Å²) in [5, 5.41) is 0. The Morgan fingerprint density at radius 3 is 2.73 bits per heavy atom. The van der Waals surface area contributed by atoms with Crippen LogP contribution in [0, 0.1) is 24.2 Å². The van der Waals surface area contributed by atoms with E-state index >= 15 is 0 Å². The fraction of sp³-hybridized carbons (Fsp3) is 0.667. The Bertz CT molecular complexity index is 202. The van der Waals surface area contributed by atoms with Crippen molar-refractivity contribution in [3.63, 3.8) is 0 Å². The smallest absolute Gasteiger partial charge is 0.310 e. The number of hydrogen-bond acceptors (Lipinski definition) is 2. The van der Waals surface area contributed by atoms with E-state index in [2.05, 4.69) is 5.92 Å². The molecule has 2 heteroatoms. The molecule has 0 aliphatic heterocycles. The van der Waals surface area contributed by atoms with Crippen LogP contribution in [-0.2, 0) is 9.53 Å². The second-order valence-electron chi connectivity index (χ2n) is 3.07. The van der Waals surface area contributed by atoms with Crippen LogP contribution in [0.2, 0.25) is 0 Å². The third-order valence-electron chi connectivity index (χ3n) is 1.94. The molecule has 1 aliphatic rings. The molecule has 3 unspecified atom stereocenters. The summed E-state index contributed by atoms with van der Waals surface area (Å²) < 4.78 is 4.92. The van der Waals surface area contributed by atoms with E-state index in [9.17, 15) is 4.79 Å². The molecule has 1 saturated carbocycles. The van der Waals surface area contributed by atoms with Gasteiger partial charge in [0.1, 0.15) is 0 Å². The molecular weight excluding hydrogens is 140 g/mol. The topological polar surface area (TPSA) is 26.3 Å². The molecule has 0 aromatic rings. The van der Waals surface area contributed by atoms with Crippen molar-refractivity contribution in [2.24, 2.45) is 11.8 Å². The third kappa shape index (κ3) is 1.98. The van der Waals surface area contributed by atoms with E-state index in [1.54, 1.807) is 6.92 Å². The summed E-state index contributed by atoms with van der Waals surface area (Å²) in [7, 11) is 0. The molecule has 60 valence electrons. The van der Waals surface area contributed by atoms with Crippen molar-refractivity contribution in [1.82, 2.24) is 0 Å². The highest BCUT2D eigenvalue weighted by molar-refractivity contribution is 5.75. The van der Waals surface area contributed by atoms with Gasteiger partial charge in [0.15, 0.2) is 6.10 Å². The number of terminal acetylenes is 1. The number of rotatable bonds is 2. The first kappa shape index (κ1) is 8.13. The van der Waals surface area contributed by atoms with E-state index < -0.39 is 0 Å². The minimum absolute atomic E-state index is 0.116. The van der Waals surface area contributed by atoms with Crippen LogP contribution < -0.4 is 0 Å². The van der Waals surface area contributed by atoms with Crippen LogP contribution in [-0.4, -0.2) is 12.1 Å². The fourth-order valence-corrected chi connectivity index (χ4v) is 0.946. The van der Waals surface area contributed by atoms with Crippen LogP contribution >= 0.6 is 0 Å². The molecule has 0 saturated heterocycles. The maximum atomic E-state index is 11.1. The first-order valence-electron chi connectivity index (χ1n) is 3.81. The minimum atomic E-state index is -0.379. The summed E-state index contributed by atoms with van der Waals surface area (Å²) in [6.45, 7) is 3.73. The highest BCUT2D eigenvalue weighted by atomic mass is 16.5. The highest BCUT2D eigenvalue weighted by Crippen LogP contribution is 2.38. The van der Waals surface area contributed by atoms with Crippen LogP contribution in [0.4, 0.5) is 0 Å². The quantitative estimate of drug-likeness (QED) is 0.439. The van der Waals surface area contributed by atoms with E-state index in [-0.39, 0.29) is 18.0 Å². The van der Waals surface area contributed by atoms with Gasteiger partial charge < -0.3 is 4.74 Å². The number of esters is 1. The predicted molar refractivity (Wildman–Crippen MR) is 41.7 cm³/mol. The van der Waals surface area contributed by atoms with Gasteiger partial charge in [0.05, 0.1) is 5.92 Å². The predicted octanol–water partition coefficient (Wildman–Crippen LogP) is 1.21. The molecule has 0 amide bonds. The molecule has 2 nitrogen and oxygen atoms in total. The Labute approximate surface area is 66.9 Å². The van der Waals surface area contributed by atoms with Gasteiger partial charge in [-0.25, -0.2) is 0 Å². The Morgan fingerprint density at radius 2 is 2.36 bits per heavy atom. The van der Waals surface area contributed by atoms with Crippen LogP contribution in [0.25, 0.3) is 0 Å². The Morgan fingerprint density at radius 1 is 1.82 bits per heavy atom. The standard InChI is InChI=1S/C9H12O2/c1-4-7(3)11-9(10)8-5-6(8)2/h1,6-8H,5H2,2-3H3. The number of carbonyl (C=O) groups excluding carboxylic acids is 1. The molecule has 1 rings (SSSR count). The molecule has 0 spiro atoms. The fourth-order valence-electron chi connectivity index (χ4n) is 0.946. The zero-order valence-corrected chi connectivity index (χ0v) is 6.83. The summed E-state index contributed by atoms with van der Waals surface area (Å²) in [6, 6.07) is 0. The summed E-state index contributed by atoms with van der Waals surface area (Å²) >= 11 is 0. The van der Waals surface area contributed by atoms with Gasteiger partial charge in [0.2, 0.25) is 0 Å². The van der Waals surface area contributed by atoms with Gasteiger partial charge in [0, 0.05) is 0 Å². The molecule has 0 heterocycles. The monoisotopic (exact) mass is 152 g/mol. The summed E-state index contributed by atoms with van der Waals surface area (Å²) in [6.07, 6.45) is 5.62. The zero-order chi connectivity index (χ0) is 8.43. The lowest BCUT2D eigenvalue weighted by Crippen LogP contribution is -2.14. The lowest BCUT2D eigenvalue weighted by atomic mass is 10.3. The Balaban J connectivity index is 2.28. The van der Waals surface area contributed by atoms with Gasteiger partial charge >= 0.3 is 5.97 Å². The van der Waals surface area contributed by atoms with E-state index in [0.29, 0.717) is 5.92 Å². The SMILES string of the molecule is C#CC(C)OC(=O)C1CC1C. The molecule has 0 radical (unpaired) electrons. The van der Waals surface area contributed by atoms with Gasteiger partial charge in [-0.3, -0.25) is 4.79 Å². The molecule has 11 heavy (non-hydrogen) atoms. The molecular formula is C9H12O2. The van der Waals surface area contributed by atoms with Gasteiger partial charge in [-0.1, -0.05) is 12.8 Å². The van der Waals surface area contributed by atoms with Crippen LogP contribution in [0.5, 0.6) is 0 Å². The Hall–Kier alpha value is -0.970. The molecule has 0 aromatic heterocycles. The van der Waals surface area contributed by atoms with Crippen LogP contribution in [0.3, 0.4) is 0 Å². The van der Waals surface area contributed by atoms with E-state index in [1.807, 2.05) is 6.92 Å². The average molecular weight is 152 g/mol. The van der Waals surface area contributed by atoms with Crippen molar-refractivity contribution in [2.75, 3.05) is 0 Å². The van der Waals surface area contributed by atoms with Crippen molar-refractivity contribution < 1.29 is 9.53 Å². The molecule has 3 atom stereocenters. The summed E-state index contributed by atoms with van der Waals surface area (Å²) in [5.41, 5.74) is 0. The van der Waals surface area contributed by atoms with E-state index in [0.717, 1.165) is 6.42 Å². The van der Waals surface area contributed by atoms with Crippen molar-refractivity contribution in [2.45, 2.75) is 26.4 Å². The molecule has 0 bridgehead atoms. The van der Waals surface area contributed by atoms with Gasteiger partial charge in [-0.05, 0) is 19.3 Å². The maximum Gasteiger partial charge on any atom is 0.310 e. The molecule has 1 fully saturated rings. The summed E-state index contributed by atoms with van der Waals surface area (Å²) in [5.74, 6) is 2.82. The van der Waals surface area contributed by atoms with Crippen molar-refractivity contribution in [3.05, 3.63) is 0 Å². The first-order valence-corrected chi connectivity index (χ1v) is 3.81. The maximum absolute atomic E-state index is 11.1. The van der Waals surface area contributed by atoms with Crippen molar-refractivity contribution in [1.29, 1.82) is 0 Å². The van der Waals surface area contributed by atoms with Gasteiger partial charge in [-0.15, -0.1) is 6.42 Å². The first-order chi connectivity index (χ1) is 5.15. The van der Waals surface area contributed by atoms with Crippen molar-refractivity contribution in [3.8, 4) is 12.3 Å². The lowest BCUT2D eigenvalue weighted by Gasteiger charge is -2.05. The van der Waals surface area contributed by atoms with E-state index in [1.165, 1.54) is 0 Å². The number of ether oxygens (including phenoxy) is 1. The summed E-state index contributed by atoms with van der Waals surface area (Å²) in [4.78, 5) is 11.1. The normalized spacial score (nSPS) is 30.3. The largest absolute Gasteiger partial charge is 0.449 e. The third-order valence-corrected chi connectivity index (χ3v) is 1.94. The Kier molecular flexibility index (Phi) is 2.19. The number of carbonyl (C=O) groups is 1. The highest BCUT2D eigenvalue weighted by Gasteiger charge is 2.40. The number of hydrogen-bond donors (Lipinski definition) is 0. The molecule has 0 aromatic carbocycles. The van der Waals surface area contributed by atoms with E-state index in [4.69, 9.17) is 11.2 Å². The average Bonchev–Trinajstić information content (AvgIpc) is 2.66. The lowest BCUT2D eigenvalue weighted by molar-refractivity contribution is -0.147. The molecule has 0 N–H and O–H groups in total. The zero-order valence-electron chi connectivity index (χ0n) is 6.83. The van der Waals surface area contributed by atoms with Gasteiger partial charge in [0.25, 0.3) is 0 Å².